The van der Waals surface area contributed by atoms with Crippen LogP contribution >= 0.6 is 23.8 Å². The Morgan fingerprint density at radius 1 is 1.35 bits per heavy atom. The molecular weight excluding hydrogens is 374 g/mol. The average Bonchev–Trinajstić information content (AvgIpc) is 2.61. The van der Waals surface area contributed by atoms with E-state index in [2.05, 4.69) is 15.8 Å². The fourth-order valence-corrected chi connectivity index (χ4v) is 2.48. The molecule has 0 unspecified atom stereocenters. The zero-order valence-corrected chi connectivity index (χ0v) is 15.6. The Hall–Kier alpha value is -2.64. The van der Waals surface area contributed by atoms with E-state index in [1.54, 1.807) is 42.6 Å². The van der Waals surface area contributed by atoms with E-state index < -0.39 is 5.97 Å². The van der Waals surface area contributed by atoms with E-state index in [1.165, 1.54) is 6.07 Å². The van der Waals surface area contributed by atoms with E-state index in [1.807, 2.05) is 6.92 Å². The van der Waals surface area contributed by atoms with Crippen molar-refractivity contribution in [3.05, 3.63) is 64.2 Å². The molecule has 0 heterocycles. The molecule has 2 aromatic carbocycles. The van der Waals surface area contributed by atoms with Gasteiger partial charge in [0.2, 0.25) is 0 Å². The third-order valence-electron chi connectivity index (χ3n) is 3.24. The third kappa shape index (κ3) is 6.02. The van der Waals surface area contributed by atoms with Crippen LogP contribution in [0, 0.1) is 0 Å². The molecule has 0 aliphatic rings. The van der Waals surface area contributed by atoms with E-state index in [-0.39, 0.29) is 12.2 Å². The SMILES string of the molecule is CCNC(=S)NN=Cc1ccc(OCc2cccc(C(=O)O)c2)c(Cl)c1. The second-order valence-corrected chi connectivity index (χ2v) is 6.03. The normalized spacial score (nSPS) is 10.5. The van der Waals surface area contributed by atoms with E-state index in [0.717, 1.165) is 11.1 Å². The first kappa shape index (κ1) is 19.7. The van der Waals surface area contributed by atoms with Gasteiger partial charge in [-0.15, -0.1) is 0 Å². The number of nitrogens with one attached hydrogen (secondary N) is 2. The summed E-state index contributed by atoms with van der Waals surface area (Å²) in [7, 11) is 0. The fraction of sp³-hybridized carbons (Fsp3) is 0.167. The second-order valence-electron chi connectivity index (χ2n) is 5.21. The molecular formula is C18H18ClN3O3S. The van der Waals surface area contributed by atoms with Gasteiger partial charge in [-0.25, -0.2) is 4.79 Å². The molecule has 0 atom stereocenters. The molecule has 0 aliphatic carbocycles. The largest absolute Gasteiger partial charge is 0.487 e. The minimum absolute atomic E-state index is 0.215. The lowest BCUT2D eigenvalue weighted by Crippen LogP contribution is -2.31. The summed E-state index contributed by atoms with van der Waals surface area (Å²) in [4.78, 5) is 11.0. The topological polar surface area (TPSA) is 83.0 Å². The fourth-order valence-electron chi connectivity index (χ4n) is 2.04. The van der Waals surface area contributed by atoms with Gasteiger partial charge in [-0.3, -0.25) is 5.43 Å². The second kappa shape index (κ2) is 9.74. The number of hydrogen-bond acceptors (Lipinski definition) is 4. The number of hydrazone groups is 1. The van der Waals surface area contributed by atoms with Crippen LogP contribution in [0.1, 0.15) is 28.4 Å². The van der Waals surface area contributed by atoms with Crippen LogP contribution in [0.2, 0.25) is 5.02 Å². The molecule has 0 spiro atoms. The molecule has 3 N–H and O–H groups in total. The van der Waals surface area contributed by atoms with E-state index >= 15 is 0 Å². The van der Waals surface area contributed by atoms with Gasteiger partial charge in [-0.05, 0) is 60.6 Å². The van der Waals surface area contributed by atoms with E-state index in [4.69, 9.17) is 33.7 Å². The van der Waals surface area contributed by atoms with Crippen molar-refractivity contribution in [1.29, 1.82) is 0 Å². The van der Waals surface area contributed by atoms with Crippen LogP contribution in [0.15, 0.2) is 47.6 Å². The molecule has 2 aromatic rings. The van der Waals surface area contributed by atoms with E-state index in [0.29, 0.717) is 22.4 Å². The summed E-state index contributed by atoms with van der Waals surface area (Å²) in [5, 5.41) is 16.8. The smallest absolute Gasteiger partial charge is 0.335 e. The van der Waals surface area contributed by atoms with Gasteiger partial charge < -0.3 is 15.2 Å². The van der Waals surface area contributed by atoms with Crippen molar-refractivity contribution in [2.24, 2.45) is 5.10 Å². The Labute approximate surface area is 161 Å². The number of nitrogens with zero attached hydrogens (tertiary/aromatic N) is 1. The average molecular weight is 392 g/mol. The number of carboxylic acids is 1. The highest BCUT2D eigenvalue weighted by Gasteiger charge is 2.06. The molecule has 0 aromatic heterocycles. The Balaban J connectivity index is 1.97. The van der Waals surface area contributed by atoms with Crippen LogP contribution in [-0.2, 0) is 6.61 Å². The summed E-state index contributed by atoms with van der Waals surface area (Å²) < 4.78 is 5.67. The number of thiocarbonyl (C=S) groups is 1. The van der Waals surface area contributed by atoms with Crippen molar-refractivity contribution in [1.82, 2.24) is 10.7 Å². The number of aromatic carboxylic acids is 1. The van der Waals surface area contributed by atoms with Gasteiger partial charge in [0, 0.05) is 6.54 Å². The van der Waals surface area contributed by atoms with Crippen LogP contribution in [0.3, 0.4) is 0 Å². The molecule has 136 valence electrons. The molecule has 26 heavy (non-hydrogen) atoms. The lowest BCUT2D eigenvalue weighted by molar-refractivity contribution is 0.0696. The highest BCUT2D eigenvalue weighted by atomic mass is 35.5. The zero-order valence-electron chi connectivity index (χ0n) is 14.0. The Kier molecular flexibility index (Phi) is 7.37. The number of benzene rings is 2. The van der Waals surface area contributed by atoms with Crippen LogP contribution in [0.25, 0.3) is 0 Å². The number of carboxylic acid groups (broad SMARTS) is 1. The van der Waals surface area contributed by atoms with Crippen LogP contribution in [0.4, 0.5) is 0 Å². The highest BCUT2D eigenvalue weighted by molar-refractivity contribution is 7.80. The maximum atomic E-state index is 11.0. The van der Waals surface area contributed by atoms with Gasteiger partial charge in [0.05, 0.1) is 16.8 Å². The molecule has 0 saturated heterocycles. The molecule has 0 amide bonds. The first-order valence-corrected chi connectivity index (χ1v) is 8.59. The van der Waals surface area contributed by atoms with Crippen LogP contribution in [-0.4, -0.2) is 28.9 Å². The van der Waals surface area contributed by atoms with Gasteiger partial charge in [0.1, 0.15) is 12.4 Å². The Morgan fingerprint density at radius 3 is 2.85 bits per heavy atom. The van der Waals surface area contributed by atoms with Crippen molar-refractivity contribution >= 4 is 41.1 Å². The summed E-state index contributed by atoms with van der Waals surface area (Å²) >= 11 is 11.2. The standard InChI is InChI=1S/C18H18ClN3O3S/c1-2-20-18(26)22-21-10-12-6-7-16(15(19)9-12)25-11-13-4-3-5-14(8-13)17(23)24/h3-10H,2,11H2,1H3,(H,23,24)(H2,20,22,26). The summed E-state index contributed by atoms with van der Waals surface area (Å²) in [6.45, 7) is 2.87. The number of hydrogen-bond donors (Lipinski definition) is 3. The first-order chi connectivity index (χ1) is 12.5. The highest BCUT2D eigenvalue weighted by Crippen LogP contribution is 2.26. The maximum absolute atomic E-state index is 11.0. The minimum Gasteiger partial charge on any atom is -0.487 e. The number of carbonyl (C=O) groups is 1. The molecule has 2 rings (SSSR count). The molecule has 8 heteroatoms. The lowest BCUT2D eigenvalue weighted by atomic mass is 10.1. The third-order valence-corrected chi connectivity index (χ3v) is 3.77. The van der Waals surface area contributed by atoms with Crippen molar-refractivity contribution in [2.75, 3.05) is 6.54 Å². The molecule has 0 bridgehead atoms. The van der Waals surface area contributed by atoms with Gasteiger partial charge in [-0.1, -0.05) is 23.7 Å². The van der Waals surface area contributed by atoms with E-state index in [9.17, 15) is 4.79 Å². The summed E-state index contributed by atoms with van der Waals surface area (Å²) in [5.41, 5.74) is 4.43. The number of halogens is 1. The molecule has 0 fully saturated rings. The monoisotopic (exact) mass is 391 g/mol. The summed E-state index contributed by atoms with van der Waals surface area (Å²) in [6.07, 6.45) is 1.59. The summed E-state index contributed by atoms with van der Waals surface area (Å²) in [6, 6.07) is 11.8. The Morgan fingerprint density at radius 2 is 2.15 bits per heavy atom. The van der Waals surface area contributed by atoms with Gasteiger partial charge >= 0.3 is 5.97 Å². The first-order valence-electron chi connectivity index (χ1n) is 7.81. The van der Waals surface area contributed by atoms with Crippen LogP contribution in [0.5, 0.6) is 5.75 Å². The van der Waals surface area contributed by atoms with Crippen molar-refractivity contribution in [3.63, 3.8) is 0 Å². The van der Waals surface area contributed by atoms with Crippen molar-refractivity contribution in [2.45, 2.75) is 13.5 Å². The van der Waals surface area contributed by atoms with Crippen molar-refractivity contribution in [3.8, 4) is 5.75 Å². The number of ether oxygens (including phenoxy) is 1. The van der Waals surface area contributed by atoms with Gasteiger partial charge in [-0.2, -0.15) is 5.10 Å². The quantitative estimate of drug-likeness (QED) is 0.381. The van der Waals surface area contributed by atoms with Crippen LogP contribution < -0.4 is 15.5 Å². The van der Waals surface area contributed by atoms with Gasteiger partial charge in [0.25, 0.3) is 0 Å². The van der Waals surface area contributed by atoms with Gasteiger partial charge in [0.15, 0.2) is 5.11 Å². The molecule has 0 aliphatic heterocycles. The zero-order chi connectivity index (χ0) is 18.9. The minimum atomic E-state index is -0.976. The van der Waals surface area contributed by atoms with Crippen molar-refractivity contribution < 1.29 is 14.6 Å². The predicted molar refractivity (Wildman–Crippen MR) is 106 cm³/mol. The lowest BCUT2D eigenvalue weighted by Gasteiger charge is -2.09. The molecule has 0 radical (unpaired) electrons. The molecule has 6 nitrogen and oxygen atoms in total. The maximum Gasteiger partial charge on any atom is 0.335 e. The number of rotatable bonds is 7. The molecule has 0 saturated carbocycles. The predicted octanol–water partition coefficient (Wildman–Crippen LogP) is 3.44. The Bertz CT molecular complexity index is 827. The summed E-state index contributed by atoms with van der Waals surface area (Å²) in [5.74, 6) is -0.476.